The van der Waals surface area contributed by atoms with Gasteiger partial charge in [0.05, 0.1) is 34.2 Å². The smallest absolute Gasteiger partial charge is 0.307 e. The summed E-state index contributed by atoms with van der Waals surface area (Å²) in [6.07, 6.45) is 5.95. The van der Waals surface area contributed by atoms with Crippen LogP contribution in [0.5, 0.6) is 0 Å². The first-order valence-corrected chi connectivity index (χ1v) is 7.60. The topological polar surface area (TPSA) is 112 Å². The summed E-state index contributed by atoms with van der Waals surface area (Å²) in [7, 11) is 0. The number of rotatable bonds is 5. The second-order valence-electron chi connectivity index (χ2n) is 5.57. The number of ether oxygens (including phenoxy) is 1. The van der Waals surface area contributed by atoms with Crippen molar-refractivity contribution in [3.8, 4) is 5.69 Å². The fourth-order valence-corrected chi connectivity index (χ4v) is 2.53. The van der Waals surface area contributed by atoms with E-state index in [1.807, 2.05) is 0 Å². The standard InChI is InChI=1S/C15H17N5O4/c1-10-14(15(21)17-8-13-3-2-4-24-13)5-11(6-16-10)19-9-12(7-18-19)20(22)23/h5-7,9,13H,2-4,8H2,1H3,(H,17,21). The summed E-state index contributed by atoms with van der Waals surface area (Å²) in [5.74, 6) is -0.251. The van der Waals surface area contributed by atoms with Gasteiger partial charge in [0.1, 0.15) is 12.4 Å². The van der Waals surface area contributed by atoms with Crippen molar-refractivity contribution in [2.24, 2.45) is 0 Å². The zero-order chi connectivity index (χ0) is 17.1. The van der Waals surface area contributed by atoms with E-state index in [0.29, 0.717) is 23.5 Å². The first-order chi connectivity index (χ1) is 11.5. The number of carbonyl (C=O) groups is 1. The van der Waals surface area contributed by atoms with Crippen LogP contribution in [0.4, 0.5) is 5.69 Å². The maximum atomic E-state index is 12.4. The van der Waals surface area contributed by atoms with Crippen LogP contribution in [0.25, 0.3) is 5.69 Å². The van der Waals surface area contributed by atoms with Gasteiger partial charge in [0.25, 0.3) is 5.91 Å². The summed E-state index contributed by atoms with van der Waals surface area (Å²) in [6.45, 7) is 2.92. The highest BCUT2D eigenvalue weighted by molar-refractivity contribution is 5.95. The van der Waals surface area contributed by atoms with E-state index in [1.54, 1.807) is 13.0 Å². The van der Waals surface area contributed by atoms with E-state index >= 15 is 0 Å². The quantitative estimate of drug-likeness (QED) is 0.654. The van der Waals surface area contributed by atoms with Crippen LogP contribution in [0.2, 0.25) is 0 Å². The highest BCUT2D eigenvalue weighted by atomic mass is 16.6. The Labute approximate surface area is 137 Å². The van der Waals surface area contributed by atoms with E-state index < -0.39 is 4.92 Å². The lowest BCUT2D eigenvalue weighted by Crippen LogP contribution is -2.32. The molecule has 1 aliphatic heterocycles. The van der Waals surface area contributed by atoms with E-state index in [-0.39, 0.29) is 17.7 Å². The van der Waals surface area contributed by atoms with E-state index in [4.69, 9.17) is 4.74 Å². The summed E-state index contributed by atoms with van der Waals surface area (Å²) in [5.41, 5.74) is 1.34. The second kappa shape index (κ2) is 6.75. The molecule has 1 atom stereocenters. The summed E-state index contributed by atoms with van der Waals surface area (Å²) >= 11 is 0. The third-order valence-electron chi connectivity index (χ3n) is 3.88. The molecule has 1 amide bonds. The maximum absolute atomic E-state index is 12.4. The van der Waals surface area contributed by atoms with E-state index in [1.165, 1.54) is 17.1 Å². The third kappa shape index (κ3) is 3.40. The lowest BCUT2D eigenvalue weighted by molar-refractivity contribution is -0.384. The Morgan fingerprint density at radius 1 is 1.54 bits per heavy atom. The predicted octanol–water partition coefficient (Wildman–Crippen LogP) is 1.39. The Balaban J connectivity index is 1.77. The van der Waals surface area contributed by atoms with Crippen molar-refractivity contribution in [2.45, 2.75) is 25.9 Å². The van der Waals surface area contributed by atoms with Crippen LogP contribution in [0.15, 0.2) is 24.7 Å². The van der Waals surface area contributed by atoms with Gasteiger partial charge in [0.2, 0.25) is 0 Å². The number of hydrogen-bond donors (Lipinski definition) is 1. The minimum atomic E-state index is -0.527. The van der Waals surface area contributed by atoms with Crippen molar-refractivity contribution in [1.82, 2.24) is 20.1 Å². The van der Waals surface area contributed by atoms with Crippen molar-refractivity contribution in [3.63, 3.8) is 0 Å². The predicted molar refractivity (Wildman–Crippen MR) is 84.1 cm³/mol. The van der Waals surface area contributed by atoms with Crippen LogP contribution >= 0.6 is 0 Å². The maximum Gasteiger partial charge on any atom is 0.307 e. The van der Waals surface area contributed by atoms with Gasteiger partial charge in [0, 0.05) is 13.2 Å². The Hall–Kier alpha value is -2.81. The number of amides is 1. The average molecular weight is 331 g/mol. The molecule has 9 nitrogen and oxygen atoms in total. The van der Waals surface area contributed by atoms with Crippen LogP contribution in [0.3, 0.4) is 0 Å². The summed E-state index contributed by atoms with van der Waals surface area (Å²) in [6, 6.07) is 1.61. The average Bonchev–Trinajstić information content (AvgIpc) is 3.24. The first kappa shape index (κ1) is 16.1. The van der Waals surface area contributed by atoms with Crippen molar-refractivity contribution >= 4 is 11.6 Å². The molecule has 126 valence electrons. The molecule has 0 spiro atoms. The molecule has 1 N–H and O–H groups in total. The fourth-order valence-electron chi connectivity index (χ4n) is 2.53. The molecular formula is C15H17N5O4. The van der Waals surface area contributed by atoms with Gasteiger partial charge in [-0.05, 0) is 25.8 Å². The Morgan fingerprint density at radius 3 is 3.04 bits per heavy atom. The van der Waals surface area contributed by atoms with E-state index in [2.05, 4.69) is 15.4 Å². The van der Waals surface area contributed by atoms with Crippen molar-refractivity contribution in [1.29, 1.82) is 0 Å². The van der Waals surface area contributed by atoms with Gasteiger partial charge in [-0.2, -0.15) is 5.10 Å². The number of nitro groups is 1. The minimum absolute atomic E-state index is 0.0548. The number of aromatic nitrogens is 3. The normalized spacial score (nSPS) is 17.0. The molecule has 0 saturated carbocycles. The molecule has 2 aromatic rings. The van der Waals surface area contributed by atoms with Gasteiger partial charge < -0.3 is 10.1 Å². The third-order valence-corrected chi connectivity index (χ3v) is 3.88. The minimum Gasteiger partial charge on any atom is -0.376 e. The van der Waals surface area contributed by atoms with Crippen LogP contribution < -0.4 is 5.32 Å². The Morgan fingerprint density at radius 2 is 2.38 bits per heavy atom. The van der Waals surface area contributed by atoms with Gasteiger partial charge in [0.15, 0.2) is 0 Å². The molecule has 1 unspecified atom stereocenters. The molecule has 3 heterocycles. The molecule has 1 saturated heterocycles. The van der Waals surface area contributed by atoms with Gasteiger partial charge in [-0.3, -0.25) is 19.9 Å². The molecule has 9 heteroatoms. The van der Waals surface area contributed by atoms with Crippen LogP contribution in [-0.2, 0) is 4.74 Å². The zero-order valence-electron chi connectivity index (χ0n) is 13.1. The van der Waals surface area contributed by atoms with Crippen molar-refractivity contribution in [3.05, 3.63) is 46.0 Å². The Bertz CT molecular complexity index is 767. The monoisotopic (exact) mass is 331 g/mol. The highest BCUT2D eigenvalue weighted by Gasteiger charge is 2.18. The van der Waals surface area contributed by atoms with Crippen molar-refractivity contribution in [2.75, 3.05) is 13.2 Å². The van der Waals surface area contributed by atoms with E-state index in [9.17, 15) is 14.9 Å². The van der Waals surface area contributed by atoms with Crippen LogP contribution in [0.1, 0.15) is 28.9 Å². The molecule has 0 radical (unpaired) electrons. The van der Waals surface area contributed by atoms with Crippen LogP contribution in [-0.4, -0.2) is 44.9 Å². The number of pyridine rings is 1. The molecule has 0 aliphatic carbocycles. The molecule has 2 aromatic heterocycles. The zero-order valence-corrected chi connectivity index (χ0v) is 13.1. The van der Waals surface area contributed by atoms with Crippen LogP contribution in [0, 0.1) is 17.0 Å². The van der Waals surface area contributed by atoms with Gasteiger partial charge >= 0.3 is 5.69 Å². The molecular weight excluding hydrogens is 314 g/mol. The van der Waals surface area contributed by atoms with E-state index in [0.717, 1.165) is 25.6 Å². The molecule has 24 heavy (non-hydrogen) atoms. The molecule has 0 aromatic carbocycles. The fraction of sp³-hybridized carbons (Fsp3) is 0.400. The summed E-state index contributed by atoms with van der Waals surface area (Å²) in [5, 5.41) is 17.5. The molecule has 0 bridgehead atoms. The summed E-state index contributed by atoms with van der Waals surface area (Å²) in [4.78, 5) is 26.8. The number of nitrogens with zero attached hydrogens (tertiary/aromatic N) is 4. The number of nitrogens with one attached hydrogen (secondary N) is 1. The van der Waals surface area contributed by atoms with Crippen molar-refractivity contribution < 1.29 is 14.5 Å². The highest BCUT2D eigenvalue weighted by Crippen LogP contribution is 2.16. The number of carbonyl (C=O) groups excluding carboxylic acids is 1. The molecule has 1 fully saturated rings. The first-order valence-electron chi connectivity index (χ1n) is 7.60. The SMILES string of the molecule is Cc1ncc(-n2cc([N+](=O)[O-])cn2)cc1C(=O)NCC1CCCO1. The lowest BCUT2D eigenvalue weighted by atomic mass is 10.1. The van der Waals surface area contributed by atoms with Gasteiger partial charge in [-0.1, -0.05) is 0 Å². The molecule has 1 aliphatic rings. The van der Waals surface area contributed by atoms with Gasteiger partial charge in [-0.15, -0.1) is 0 Å². The second-order valence-corrected chi connectivity index (χ2v) is 5.57. The molecule has 3 rings (SSSR count). The number of hydrogen-bond acceptors (Lipinski definition) is 6. The number of aryl methyl sites for hydroxylation is 1. The largest absolute Gasteiger partial charge is 0.376 e. The summed E-state index contributed by atoms with van der Waals surface area (Å²) < 4.78 is 6.80. The lowest BCUT2D eigenvalue weighted by Gasteiger charge is -2.12. The Kier molecular flexibility index (Phi) is 4.52. The van der Waals surface area contributed by atoms with Gasteiger partial charge in [-0.25, -0.2) is 4.68 Å².